The molecule has 2 aliphatic carbocycles. The number of benzene rings is 4. The minimum atomic E-state index is -3.75. The molecule has 2 aliphatic rings. The lowest BCUT2D eigenvalue weighted by Gasteiger charge is -2.25. The smallest absolute Gasteiger partial charge is 0.264 e. The summed E-state index contributed by atoms with van der Waals surface area (Å²) < 4.78 is 130. The Morgan fingerprint density at radius 2 is 1.00 bits per heavy atom. The molecule has 8 rings (SSSR count). The van der Waals surface area contributed by atoms with Crippen LogP contribution in [0, 0.1) is 11.6 Å². The number of fused-ring (bicyclic) bond motifs is 2. The Bertz CT molecular complexity index is 3280. The summed E-state index contributed by atoms with van der Waals surface area (Å²) in [6, 6.07) is 18.1. The lowest BCUT2D eigenvalue weighted by atomic mass is 10.0. The number of halogens is 2. The number of aliphatic hydroxyl groups is 1. The van der Waals surface area contributed by atoms with E-state index in [-0.39, 0.29) is 93.5 Å². The van der Waals surface area contributed by atoms with E-state index in [2.05, 4.69) is 14.8 Å². The highest BCUT2D eigenvalue weighted by Gasteiger charge is 2.35. The first kappa shape index (κ1) is 53.8. The Kier molecular flexibility index (Phi) is 16.8. The van der Waals surface area contributed by atoms with Crippen LogP contribution in [0.4, 0.5) is 20.2 Å². The molecule has 3 N–H and O–H groups in total. The van der Waals surface area contributed by atoms with Crippen molar-refractivity contribution in [2.45, 2.75) is 37.5 Å². The van der Waals surface area contributed by atoms with Gasteiger partial charge in [0.15, 0.2) is 0 Å². The highest BCUT2D eigenvalue weighted by atomic mass is 32.2. The number of sulfonamides is 2. The first-order valence-electron chi connectivity index (χ1n) is 22.9. The molecule has 2 heterocycles. The van der Waals surface area contributed by atoms with Gasteiger partial charge in [-0.05, 0) is 109 Å². The summed E-state index contributed by atoms with van der Waals surface area (Å²) in [5, 5.41) is 15.3. The molecule has 2 amide bonds. The van der Waals surface area contributed by atoms with Crippen molar-refractivity contribution in [3.63, 3.8) is 0 Å². The number of nitrogens with zero attached hydrogens (tertiary/aromatic N) is 2. The quantitative estimate of drug-likeness (QED) is 0.0487. The fourth-order valence-corrected chi connectivity index (χ4v) is 10.4. The Balaban J connectivity index is 0.000000213. The number of ether oxygens (including phenoxy) is 2. The highest BCUT2D eigenvalue weighted by molar-refractivity contribution is 7.92. The predicted octanol–water partition coefficient (Wildman–Crippen LogP) is 6.49. The third-order valence-electron chi connectivity index (χ3n) is 11.8. The lowest BCUT2D eigenvalue weighted by molar-refractivity contribution is 0.0956. The number of nitrogens with one attached hydrogen (secondary N) is 2. The number of aliphatic hydroxyl groups excluding tert-OH is 1. The first-order valence-corrected chi connectivity index (χ1v) is 28.4. The van der Waals surface area contributed by atoms with Gasteiger partial charge in [-0.25, -0.2) is 25.6 Å². The van der Waals surface area contributed by atoms with Crippen molar-refractivity contribution >= 4 is 75.3 Å². The zero-order valence-electron chi connectivity index (χ0n) is 40.2. The maximum absolute atomic E-state index is 13.5. The largest absolute Gasteiger partial charge is 0.455 e. The molecule has 388 valence electrons. The summed E-state index contributed by atoms with van der Waals surface area (Å²) in [5.41, 5.74) is 4.76. The number of hydrogen-bond acceptors (Lipinski definition) is 14. The third kappa shape index (κ3) is 13.0. The van der Waals surface area contributed by atoms with Crippen molar-refractivity contribution in [1.29, 1.82) is 0 Å². The fraction of sp³-hybridized carbons (Fsp3) is 0.388. The van der Waals surface area contributed by atoms with Gasteiger partial charge in [0.05, 0.1) is 94.0 Å². The minimum absolute atomic E-state index is 0.00912. The van der Waals surface area contributed by atoms with Gasteiger partial charge in [-0.3, -0.25) is 22.4 Å². The number of furan rings is 2. The minimum Gasteiger partial charge on any atom is -0.455 e. The van der Waals surface area contributed by atoms with Crippen LogP contribution in [0.5, 0.6) is 0 Å². The topological polar surface area (TPSA) is 241 Å². The van der Waals surface area contributed by atoms with Crippen molar-refractivity contribution in [2.75, 3.05) is 94.2 Å². The predicted molar refractivity (Wildman–Crippen MR) is 268 cm³/mol. The summed E-state index contributed by atoms with van der Waals surface area (Å²) >= 11 is 0. The SMILES string of the molecule is CNC(=O)c1c(-c2ccc(F)cc2)oc2cc(N(CCOCCO)S(C)(=O)=O)c(C3CC3)cc12.CNC(=O)c1c(-c2ccc(F)cc2)oc2cc(N(CCOCCOS(C)(=O)=O)S(C)(=O)=O)c(C3CC3)cc12. The molecular formula is C49H56F2N4O14S3. The van der Waals surface area contributed by atoms with Crippen LogP contribution in [0.1, 0.15) is 69.4 Å². The Hall–Kier alpha value is -5.95. The number of hydrogen-bond donors (Lipinski definition) is 3. The van der Waals surface area contributed by atoms with Gasteiger partial charge >= 0.3 is 0 Å². The Morgan fingerprint density at radius 1 is 0.611 bits per heavy atom. The average Bonchev–Trinajstić information content (AvgIpc) is 4.27. The molecule has 4 aromatic carbocycles. The molecule has 2 saturated carbocycles. The zero-order chi connectivity index (χ0) is 52.1. The number of amides is 2. The molecule has 0 spiro atoms. The Labute approximate surface area is 416 Å². The van der Waals surface area contributed by atoms with Crippen molar-refractivity contribution in [1.82, 2.24) is 10.6 Å². The lowest BCUT2D eigenvalue weighted by Crippen LogP contribution is -2.34. The van der Waals surface area contributed by atoms with E-state index in [0.717, 1.165) is 55.6 Å². The van der Waals surface area contributed by atoms with E-state index in [1.807, 2.05) is 6.07 Å². The third-order valence-corrected chi connectivity index (χ3v) is 14.8. The van der Waals surface area contributed by atoms with Gasteiger partial charge in [-0.15, -0.1) is 0 Å². The van der Waals surface area contributed by atoms with E-state index in [4.69, 9.17) is 23.4 Å². The van der Waals surface area contributed by atoms with Gasteiger partial charge in [-0.1, -0.05) is 0 Å². The molecule has 0 atom stereocenters. The van der Waals surface area contributed by atoms with Crippen molar-refractivity contribution in [3.05, 3.63) is 107 Å². The monoisotopic (exact) mass is 1060 g/mol. The van der Waals surface area contributed by atoms with E-state index in [9.17, 15) is 43.6 Å². The second kappa shape index (κ2) is 22.4. The number of carbonyl (C=O) groups is 2. The van der Waals surface area contributed by atoms with Crippen LogP contribution in [0.2, 0.25) is 0 Å². The average molecular weight is 1060 g/mol. The summed E-state index contributed by atoms with van der Waals surface area (Å²) in [4.78, 5) is 25.7. The van der Waals surface area contributed by atoms with Gasteiger partial charge in [-0.2, -0.15) is 8.42 Å². The number of carbonyl (C=O) groups excluding carboxylic acids is 2. The molecule has 0 unspecified atom stereocenters. The van der Waals surface area contributed by atoms with E-state index >= 15 is 0 Å². The standard InChI is InChI=1S/C25H29FN2O8S2.C24H27FN2O6S/c1-27-25(29)23-20-14-19(16-4-5-16)21(15-22(20)36-24(23)17-6-8-18(26)9-7-17)28(37(2,30)31)10-11-34-12-13-35-38(3,32)33;1-26-24(29)22-19-13-18(15-3-4-15)20(27(34(2,30)31)9-11-32-12-10-28)14-21(19)33-23(22)16-5-7-17(25)8-6-16/h6-9,14-16H,4-5,10-13H2,1-3H3,(H,27,29);5-8,13-15,28H,3-4,9-12H2,1-2H3,(H,26,29). The Morgan fingerprint density at radius 3 is 1.33 bits per heavy atom. The molecule has 0 aliphatic heterocycles. The van der Waals surface area contributed by atoms with E-state index in [0.29, 0.717) is 50.0 Å². The van der Waals surface area contributed by atoms with Crippen molar-refractivity contribution < 1.29 is 71.2 Å². The maximum atomic E-state index is 13.5. The van der Waals surface area contributed by atoms with Gasteiger partial charge in [0, 0.05) is 48.1 Å². The molecule has 72 heavy (non-hydrogen) atoms. The van der Waals surface area contributed by atoms with Crippen LogP contribution >= 0.6 is 0 Å². The van der Waals surface area contributed by atoms with E-state index in [1.54, 1.807) is 18.2 Å². The molecule has 23 heteroatoms. The highest BCUT2D eigenvalue weighted by Crippen LogP contribution is 2.49. The summed E-state index contributed by atoms with van der Waals surface area (Å²) in [6.45, 7) is -0.122. The van der Waals surface area contributed by atoms with Gasteiger partial charge < -0.3 is 34.0 Å². The van der Waals surface area contributed by atoms with Gasteiger partial charge in [0.25, 0.3) is 21.9 Å². The first-order chi connectivity index (χ1) is 34.1. The normalized spacial score (nSPS) is 14.0. The van der Waals surface area contributed by atoms with Gasteiger partial charge in [0.2, 0.25) is 20.0 Å². The van der Waals surface area contributed by atoms with E-state index in [1.165, 1.54) is 71.2 Å². The van der Waals surface area contributed by atoms with Crippen LogP contribution in [0.15, 0.2) is 81.6 Å². The summed E-state index contributed by atoms with van der Waals surface area (Å²) in [5.74, 6) is -0.769. The zero-order valence-corrected chi connectivity index (χ0v) is 42.6. The fourth-order valence-electron chi connectivity index (χ4n) is 8.22. The molecule has 2 aromatic heterocycles. The summed E-state index contributed by atoms with van der Waals surface area (Å²) in [6.07, 6.45) is 6.70. The van der Waals surface area contributed by atoms with Crippen molar-refractivity contribution in [2.24, 2.45) is 0 Å². The van der Waals surface area contributed by atoms with Crippen molar-refractivity contribution in [3.8, 4) is 22.6 Å². The van der Waals surface area contributed by atoms with Crippen LogP contribution in [-0.2, 0) is 43.8 Å². The molecule has 6 aromatic rings. The molecule has 0 radical (unpaired) electrons. The second-order valence-electron chi connectivity index (χ2n) is 17.3. The van der Waals surface area contributed by atoms with Crippen LogP contribution in [0.3, 0.4) is 0 Å². The van der Waals surface area contributed by atoms with Crippen LogP contribution in [0.25, 0.3) is 44.6 Å². The molecule has 2 fully saturated rings. The number of anilines is 2. The second-order valence-corrected chi connectivity index (χ2v) is 22.7. The molecule has 0 saturated heterocycles. The van der Waals surface area contributed by atoms with E-state index < -0.39 is 41.8 Å². The summed E-state index contributed by atoms with van der Waals surface area (Å²) in [7, 11) is -7.99. The maximum Gasteiger partial charge on any atom is 0.264 e. The molecule has 18 nitrogen and oxygen atoms in total. The molecule has 0 bridgehead atoms. The van der Waals surface area contributed by atoms with Crippen LogP contribution < -0.4 is 19.2 Å². The molecular weight excluding hydrogens is 1000 g/mol. The number of rotatable bonds is 22. The van der Waals surface area contributed by atoms with Gasteiger partial charge in [0.1, 0.15) is 34.3 Å². The van der Waals surface area contributed by atoms with Crippen LogP contribution in [-0.4, -0.2) is 128 Å².